The Balaban J connectivity index is 1.43. The van der Waals surface area contributed by atoms with Gasteiger partial charge in [-0.2, -0.15) is 0 Å². The number of rotatable bonds is 5. The molecule has 1 aliphatic rings. The molecule has 0 bridgehead atoms. The van der Waals surface area contributed by atoms with E-state index in [2.05, 4.69) is 15.4 Å². The number of carboxylic acids is 1. The van der Waals surface area contributed by atoms with Gasteiger partial charge in [0.2, 0.25) is 0 Å². The number of aliphatic carboxylic acids is 1. The number of anilines is 1. The summed E-state index contributed by atoms with van der Waals surface area (Å²) in [4.78, 5) is 34.5. The number of amides is 1. The molecule has 1 aliphatic heterocycles. The minimum atomic E-state index is -0.775. The van der Waals surface area contributed by atoms with Crippen LogP contribution in [0.4, 0.5) is 5.69 Å². The van der Waals surface area contributed by atoms with Crippen LogP contribution in [0.25, 0.3) is 33.3 Å². The Bertz CT molecular complexity index is 1370. The van der Waals surface area contributed by atoms with E-state index in [0.29, 0.717) is 28.6 Å². The van der Waals surface area contributed by atoms with Gasteiger partial charge in [0.25, 0.3) is 5.91 Å². The van der Waals surface area contributed by atoms with Crippen molar-refractivity contribution in [2.45, 2.75) is 18.9 Å². The first-order chi connectivity index (χ1) is 16.5. The zero-order chi connectivity index (χ0) is 23.7. The Morgan fingerprint density at radius 3 is 2.35 bits per heavy atom. The Hall–Kier alpha value is -4.30. The highest BCUT2D eigenvalue weighted by molar-refractivity contribution is 6.06. The highest BCUT2D eigenvalue weighted by Gasteiger charge is 2.30. The molecule has 4 aromatic rings. The van der Waals surface area contributed by atoms with Gasteiger partial charge in [0.15, 0.2) is 0 Å². The predicted molar refractivity (Wildman–Crippen MR) is 130 cm³/mol. The zero-order valence-electron chi connectivity index (χ0n) is 18.3. The third-order valence-corrected chi connectivity index (χ3v) is 6.24. The maximum absolute atomic E-state index is 12.3. The predicted octanol–water partition coefficient (Wildman–Crippen LogP) is 3.62. The number of fused-ring (bicyclic) bond motifs is 1. The molecular formula is C26H23N5O3. The number of nitrogens with zero attached hydrogens (tertiary/aromatic N) is 3. The number of pyridine rings is 2. The van der Waals surface area contributed by atoms with E-state index in [9.17, 15) is 14.7 Å². The molecule has 0 radical (unpaired) electrons. The highest BCUT2D eigenvalue weighted by atomic mass is 16.4. The number of carbonyl (C=O) groups excluding carboxylic acids is 1. The van der Waals surface area contributed by atoms with E-state index >= 15 is 0 Å². The topological polar surface area (TPSA) is 121 Å². The summed E-state index contributed by atoms with van der Waals surface area (Å²) in [5.74, 6) is 4.19. The van der Waals surface area contributed by atoms with Gasteiger partial charge in [0, 0.05) is 35.6 Å². The first-order valence-corrected chi connectivity index (χ1v) is 11.0. The maximum atomic E-state index is 12.3. The standard InChI is InChI=1S/C26H23N5O3/c27-30-25(32)20-14-23(29-22-11-12-28-15-21(20)22)18-5-3-16(4-6-18)17-7-9-19(10-8-17)31-13-1-2-24(31)26(33)34/h3-12,14-15,24H,1-2,13,27H2,(H,30,32)(H,33,34)/t24-/m0/s1. The monoisotopic (exact) mass is 453 g/mol. The number of nitrogens with one attached hydrogen (secondary N) is 1. The summed E-state index contributed by atoms with van der Waals surface area (Å²) in [5, 5.41) is 10.1. The lowest BCUT2D eigenvalue weighted by Crippen LogP contribution is -2.35. The van der Waals surface area contributed by atoms with Gasteiger partial charge in [-0.25, -0.2) is 15.6 Å². The number of hydrogen-bond donors (Lipinski definition) is 3. The zero-order valence-corrected chi connectivity index (χ0v) is 18.3. The molecule has 0 aliphatic carbocycles. The van der Waals surface area contributed by atoms with E-state index in [1.54, 1.807) is 24.5 Å². The van der Waals surface area contributed by atoms with Crippen LogP contribution in [0.15, 0.2) is 73.1 Å². The molecular weight excluding hydrogens is 430 g/mol. The number of hydrazine groups is 1. The fourth-order valence-electron chi connectivity index (χ4n) is 4.49. The van der Waals surface area contributed by atoms with Crippen LogP contribution in [0.2, 0.25) is 0 Å². The molecule has 8 nitrogen and oxygen atoms in total. The lowest BCUT2D eigenvalue weighted by Gasteiger charge is -2.23. The summed E-state index contributed by atoms with van der Waals surface area (Å²) in [6, 6.07) is 18.9. The molecule has 2 aromatic carbocycles. The van der Waals surface area contributed by atoms with Gasteiger partial charge in [-0.1, -0.05) is 36.4 Å². The largest absolute Gasteiger partial charge is 0.480 e. The Labute approximate surface area is 196 Å². The van der Waals surface area contributed by atoms with Crippen LogP contribution in [0.5, 0.6) is 0 Å². The van der Waals surface area contributed by atoms with Crippen molar-refractivity contribution in [3.63, 3.8) is 0 Å². The molecule has 1 saturated heterocycles. The fourth-order valence-corrected chi connectivity index (χ4v) is 4.49. The third kappa shape index (κ3) is 3.95. The van der Waals surface area contributed by atoms with E-state index in [4.69, 9.17) is 5.84 Å². The smallest absolute Gasteiger partial charge is 0.326 e. The van der Waals surface area contributed by atoms with E-state index < -0.39 is 17.9 Å². The lowest BCUT2D eigenvalue weighted by atomic mass is 10.0. The molecule has 0 unspecified atom stereocenters. The Morgan fingerprint density at radius 2 is 1.68 bits per heavy atom. The molecule has 1 atom stereocenters. The lowest BCUT2D eigenvalue weighted by molar-refractivity contribution is -0.138. The number of carbonyl (C=O) groups is 2. The summed E-state index contributed by atoms with van der Waals surface area (Å²) >= 11 is 0. The molecule has 34 heavy (non-hydrogen) atoms. The van der Waals surface area contributed by atoms with Crippen molar-refractivity contribution >= 4 is 28.5 Å². The molecule has 1 amide bonds. The number of benzene rings is 2. The van der Waals surface area contributed by atoms with Crippen LogP contribution in [-0.2, 0) is 4.79 Å². The molecule has 2 aromatic heterocycles. The first kappa shape index (κ1) is 21.5. The Morgan fingerprint density at radius 1 is 1.00 bits per heavy atom. The SMILES string of the molecule is NNC(=O)c1cc(-c2ccc(-c3ccc(N4CCC[C@H]4C(=O)O)cc3)cc2)nc2ccncc12. The quantitative estimate of drug-likeness (QED) is 0.240. The first-order valence-electron chi connectivity index (χ1n) is 11.0. The van der Waals surface area contributed by atoms with Crippen molar-refractivity contribution in [3.05, 3.63) is 78.6 Å². The van der Waals surface area contributed by atoms with Crippen LogP contribution in [-0.4, -0.2) is 39.5 Å². The molecule has 4 N–H and O–H groups in total. The summed E-state index contributed by atoms with van der Waals surface area (Å²) in [5.41, 5.74) is 7.76. The van der Waals surface area contributed by atoms with Crippen molar-refractivity contribution in [1.82, 2.24) is 15.4 Å². The molecule has 8 heteroatoms. The highest BCUT2D eigenvalue weighted by Crippen LogP contribution is 2.30. The minimum Gasteiger partial charge on any atom is -0.480 e. The Kier molecular flexibility index (Phi) is 5.65. The van der Waals surface area contributed by atoms with Gasteiger partial charge in [0.05, 0.1) is 16.8 Å². The van der Waals surface area contributed by atoms with E-state index in [0.717, 1.165) is 35.3 Å². The van der Waals surface area contributed by atoms with Gasteiger partial charge in [0.1, 0.15) is 6.04 Å². The maximum Gasteiger partial charge on any atom is 0.326 e. The third-order valence-electron chi connectivity index (χ3n) is 6.24. The minimum absolute atomic E-state index is 0.401. The molecule has 5 rings (SSSR count). The summed E-state index contributed by atoms with van der Waals surface area (Å²) in [7, 11) is 0. The summed E-state index contributed by atoms with van der Waals surface area (Å²) in [6.45, 7) is 0.754. The van der Waals surface area contributed by atoms with Gasteiger partial charge in [-0.05, 0) is 48.2 Å². The molecule has 1 fully saturated rings. The second-order valence-electron chi connectivity index (χ2n) is 8.24. The van der Waals surface area contributed by atoms with Crippen LogP contribution in [0.1, 0.15) is 23.2 Å². The fraction of sp³-hybridized carbons (Fsp3) is 0.154. The molecule has 170 valence electrons. The van der Waals surface area contributed by atoms with Gasteiger partial charge in [-0.3, -0.25) is 15.2 Å². The van der Waals surface area contributed by atoms with Crippen molar-refractivity contribution < 1.29 is 14.7 Å². The van der Waals surface area contributed by atoms with Crippen molar-refractivity contribution in [2.75, 3.05) is 11.4 Å². The van der Waals surface area contributed by atoms with Crippen LogP contribution in [0.3, 0.4) is 0 Å². The van der Waals surface area contributed by atoms with Crippen molar-refractivity contribution in [2.24, 2.45) is 5.84 Å². The number of nitrogens with two attached hydrogens (primary N) is 1. The van der Waals surface area contributed by atoms with Crippen LogP contribution >= 0.6 is 0 Å². The van der Waals surface area contributed by atoms with E-state index in [-0.39, 0.29) is 0 Å². The summed E-state index contributed by atoms with van der Waals surface area (Å²) in [6.07, 6.45) is 4.79. The van der Waals surface area contributed by atoms with Gasteiger partial charge >= 0.3 is 5.97 Å². The molecule has 0 spiro atoms. The van der Waals surface area contributed by atoms with E-state index in [1.807, 2.05) is 53.4 Å². The second-order valence-corrected chi connectivity index (χ2v) is 8.24. The van der Waals surface area contributed by atoms with E-state index in [1.165, 1.54) is 0 Å². The van der Waals surface area contributed by atoms with Gasteiger partial charge < -0.3 is 10.0 Å². The molecule has 0 saturated carbocycles. The number of aromatic nitrogens is 2. The normalized spacial score (nSPS) is 15.4. The number of nitrogen functional groups attached to an aromatic ring is 1. The van der Waals surface area contributed by atoms with Crippen molar-refractivity contribution in [3.8, 4) is 22.4 Å². The van der Waals surface area contributed by atoms with Gasteiger partial charge in [-0.15, -0.1) is 0 Å². The number of carboxylic acid groups (broad SMARTS) is 1. The van der Waals surface area contributed by atoms with Crippen LogP contribution < -0.4 is 16.2 Å². The van der Waals surface area contributed by atoms with Crippen molar-refractivity contribution in [1.29, 1.82) is 0 Å². The molecule has 3 heterocycles. The second kappa shape index (κ2) is 8.92. The average Bonchev–Trinajstić information content (AvgIpc) is 3.38. The van der Waals surface area contributed by atoms with Crippen LogP contribution in [0, 0.1) is 0 Å². The average molecular weight is 454 g/mol. The number of hydrogen-bond acceptors (Lipinski definition) is 6. The summed E-state index contributed by atoms with van der Waals surface area (Å²) < 4.78 is 0.